The van der Waals surface area contributed by atoms with Gasteiger partial charge >= 0.3 is 0 Å². The Morgan fingerprint density at radius 3 is 2.45 bits per heavy atom. The molecule has 1 N–H and O–H groups in total. The van der Waals surface area contributed by atoms with Crippen molar-refractivity contribution in [2.45, 2.75) is 6.92 Å². The van der Waals surface area contributed by atoms with Gasteiger partial charge in [-0.1, -0.05) is 51.8 Å². The van der Waals surface area contributed by atoms with Crippen LogP contribution in [0, 0.1) is 0 Å². The quantitative estimate of drug-likeness (QED) is 0.651. The normalized spacial score (nSPS) is 11.2. The van der Waals surface area contributed by atoms with E-state index in [0.29, 0.717) is 10.6 Å². The minimum atomic E-state index is -0.327. The lowest BCUT2D eigenvalue weighted by molar-refractivity contribution is 0.0955. The minimum Gasteiger partial charge on any atom is -0.267 e. The number of carbonyl (C=O) groups is 1. The number of amides is 1. The molecule has 0 atom stereocenters. The molecule has 0 radical (unpaired) electrons. The van der Waals surface area contributed by atoms with Gasteiger partial charge in [-0.05, 0) is 36.8 Å². The number of hydrogen-bond acceptors (Lipinski definition) is 2. The fraction of sp³-hybridized carbons (Fsp3) is 0.0667. The van der Waals surface area contributed by atoms with Crippen molar-refractivity contribution in [3.05, 3.63) is 69.2 Å². The van der Waals surface area contributed by atoms with Gasteiger partial charge in [0, 0.05) is 4.47 Å². The number of rotatable bonds is 3. The molecule has 0 aromatic heterocycles. The molecule has 2 aromatic carbocycles. The molecule has 1 amide bonds. The van der Waals surface area contributed by atoms with E-state index in [9.17, 15) is 4.79 Å². The topological polar surface area (TPSA) is 41.5 Å². The van der Waals surface area contributed by atoms with Gasteiger partial charge < -0.3 is 0 Å². The third-order valence-electron chi connectivity index (χ3n) is 2.71. The maximum Gasteiger partial charge on any atom is 0.272 e. The van der Waals surface area contributed by atoms with Crippen molar-refractivity contribution >= 4 is 39.1 Å². The molecule has 20 heavy (non-hydrogen) atoms. The molecule has 0 aliphatic carbocycles. The van der Waals surface area contributed by atoms with E-state index < -0.39 is 0 Å². The largest absolute Gasteiger partial charge is 0.272 e. The predicted octanol–water partition coefficient (Wildman–Crippen LogP) is 4.26. The van der Waals surface area contributed by atoms with Crippen LogP contribution in [0.2, 0.25) is 5.02 Å². The molecule has 0 aliphatic rings. The van der Waals surface area contributed by atoms with E-state index >= 15 is 0 Å². The van der Waals surface area contributed by atoms with Crippen LogP contribution in [0.4, 0.5) is 0 Å². The van der Waals surface area contributed by atoms with E-state index in [1.165, 1.54) is 0 Å². The van der Waals surface area contributed by atoms with Crippen molar-refractivity contribution in [3.63, 3.8) is 0 Å². The van der Waals surface area contributed by atoms with Gasteiger partial charge in [-0.25, -0.2) is 5.43 Å². The van der Waals surface area contributed by atoms with Gasteiger partial charge in [0.1, 0.15) is 0 Å². The first-order chi connectivity index (χ1) is 9.58. The summed E-state index contributed by atoms with van der Waals surface area (Å²) >= 11 is 9.33. The average Bonchev–Trinajstić information content (AvgIpc) is 2.45. The highest BCUT2D eigenvalue weighted by Crippen LogP contribution is 2.14. The monoisotopic (exact) mass is 350 g/mol. The summed E-state index contributed by atoms with van der Waals surface area (Å²) in [5.74, 6) is -0.327. The third kappa shape index (κ3) is 3.68. The van der Waals surface area contributed by atoms with Crippen molar-refractivity contribution in [2.75, 3.05) is 0 Å². The number of nitrogens with one attached hydrogen (secondary N) is 1. The summed E-state index contributed by atoms with van der Waals surface area (Å²) in [7, 11) is 0. The van der Waals surface area contributed by atoms with E-state index in [1.807, 2.05) is 31.2 Å². The van der Waals surface area contributed by atoms with Crippen molar-refractivity contribution in [3.8, 4) is 0 Å². The molecule has 0 bridgehead atoms. The highest BCUT2D eigenvalue weighted by atomic mass is 79.9. The van der Waals surface area contributed by atoms with Gasteiger partial charge in [-0.2, -0.15) is 5.10 Å². The lowest BCUT2D eigenvalue weighted by Crippen LogP contribution is -2.19. The van der Waals surface area contributed by atoms with Crippen molar-refractivity contribution in [2.24, 2.45) is 5.10 Å². The van der Waals surface area contributed by atoms with Gasteiger partial charge in [0.15, 0.2) is 0 Å². The Kier molecular flexibility index (Phi) is 4.93. The number of halogens is 2. The third-order valence-corrected chi connectivity index (χ3v) is 3.56. The summed E-state index contributed by atoms with van der Waals surface area (Å²) in [6, 6.07) is 14.5. The number of benzene rings is 2. The van der Waals surface area contributed by atoms with Crippen LogP contribution >= 0.6 is 27.5 Å². The Hall–Kier alpha value is -1.65. The van der Waals surface area contributed by atoms with Crippen LogP contribution in [-0.4, -0.2) is 11.6 Å². The van der Waals surface area contributed by atoms with Crippen LogP contribution in [0.5, 0.6) is 0 Å². The SMILES string of the molecule is CC(=NNC(=O)c1ccccc1Cl)c1ccc(Br)cc1. The molecule has 0 heterocycles. The molecule has 2 aromatic rings. The van der Waals surface area contributed by atoms with Crippen LogP contribution in [0.15, 0.2) is 58.1 Å². The molecule has 0 saturated heterocycles. The lowest BCUT2D eigenvalue weighted by Gasteiger charge is -2.04. The zero-order chi connectivity index (χ0) is 14.5. The summed E-state index contributed by atoms with van der Waals surface area (Å²) in [6.45, 7) is 1.83. The van der Waals surface area contributed by atoms with Gasteiger partial charge in [0.2, 0.25) is 0 Å². The lowest BCUT2D eigenvalue weighted by atomic mass is 10.1. The summed E-state index contributed by atoms with van der Waals surface area (Å²) in [5, 5.41) is 4.49. The zero-order valence-corrected chi connectivity index (χ0v) is 13.1. The van der Waals surface area contributed by atoms with E-state index in [-0.39, 0.29) is 5.91 Å². The van der Waals surface area contributed by atoms with E-state index in [4.69, 9.17) is 11.6 Å². The van der Waals surface area contributed by atoms with E-state index in [1.54, 1.807) is 24.3 Å². The number of hydrogen-bond donors (Lipinski definition) is 1. The molecule has 0 unspecified atom stereocenters. The summed E-state index contributed by atoms with van der Waals surface area (Å²) in [5.41, 5.74) is 4.57. The highest BCUT2D eigenvalue weighted by molar-refractivity contribution is 9.10. The summed E-state index contributed by atoms with van der Waals surface area (Å²) in [6.07, 6.45) is 0. The fourth-order valence-electron chi connectivity index (χ4n) is 1.60. The van der Waals surface area contributed by atoms with Gasteiger partial charge in [0.25, 0.3) is 5.91 Å². The molecule has 0 aliphatic heterocycles. The van der Waals surface area contributed by atoms with Gasteiger partial charge in [-0.3, -0.25) is 4.79 Å². The molecule has 0 fully saturated rings. The Bertz CT molecular complexity index is 653. The highest BCUT2D eigenvalue weighted by Gasteiger charge is 2.08. The Labute approximate surface area is 130 Å². The van der Waals surface area contributed by atoms with Gasteiger partial charge in [-0.15, -0.1) is 0 Å². The van der Waals surface area contributed by atoms with Crippen molar-refractivity contribution < 1.29 is 4.79 Å². The maximum absolute atomic E-state index is 11.9. The molecule has 0 spiro atoms. The molecule has 2 rings (SSSR count). The smallest absolute Gasteiger partial charge is 0.267 e. The first kappa shape index (κ1) is 14.8. The van der Waals surface area contributed by atoms with Crippen LogP contribution in [0.1, 0.15) is 22.8 Å². The zero-order valence-electron chi connectivity index (χ0n) is 10.7. The van der Waals surface area contributed by atoms with Gasteiger partial charge in [0.05, 0.1) is 16.3 Å². The number of nitrogens with zero attached hydrogens (tertiary/aromatic N) is 1. The molecule has 0 saturated carbocycles. The summed E-state index contributed by atoms with van der Waals surface area (Å²) < 4.78 is 0.995. The second-order valence-electron chi connectivity index (χ2n) is 4.12. The van der Waals surface area contributed by atoms with E-state index in [2.05, 4.69) is 26.5 Å². The summed E-state index contributed by atoms with van der Waals surface area (Å²) in [4.78, 5) is 11.9. The predicted molar refractivity (Wildman–Crippen MR) is 85.3 cm³/mol. The molecule has 102 valence electrons. The number of carbonyl (C=O) groups excluding carboxylic acids is 1. The Morgan fingerprint density at radius 2 is 1.80 bits per heavy atom. The second kappa shape index (κ2) is 6.68. The van der Waals surface area contributed by atoms with Crippen LogP contribution in [-0.2, 0) is 0 Å². The molecular formula is C15H12BrClN2O. The van der Waals surface area contributed by atoms with Crippen LogP contribution in [0.3, 0.4) is 0 Å². The molecule has 5 heteroatoms. The standard InChI is InChI=1S/C15H12BrClN2O/c1-10(11-6-8-12(16)9-7-11)18-19-15(20)13-4-2-3-5-14(13)17/h2-9H,1H3,(H,19,20). The Balaban J connectivity index is 2.11. The fourth-order valence-corrected chi connectivity index (χ4v) is 2.08. The first-order valence-corrected chi connectivity index (χ1v) is 7.10. The van der Waals surface area contributed by atoms with E-state index in [0.717, 1.165) is 15.7 Å². The molecule has 3 nitrogen and oxygen atoms in total. The minimum absolute atomic E-state index is 0.327. The number of hydrazone groups is 1. The molecular weight excluding hydrogens is 340 g/mol. The Morgan fingerprint density at radius 1 is 1.15 bits per heavy atom. The van der Waals surface area contributed by atoms with Crippen LogP contribution in [0.25, 0.3) is 0 Å². The van der Waals surface area contributed by atoms with Crippen molar-refractivity contribution in [1.82, 2.24) is 5.43 Å². The van der Waals surface area contributed by atoms with Crippen molar-refractivity contribution in [1.29, 1.82) is 0 Å². The first-order valence-electron chi connectivity index (χ1n) is 5.93. The maximum atomic E-state index is 11.9. The van der Waals surface area contributed by atoms with Crippen LogP contribution < -0.4 is 5.43 Å². The second-order valence-corrected chi connectivity index (χ2v) is 5.45. The average molecular weight is 352 g/mol.